The van der Waals surface area contributed by atoms with Crippen LogP contribution >= 0.6 is 0 Å². The van der Waals surface area contributed by atoms with Crippen LogP contribution in [-0.4, -0.2) is 110 Å². The molecule has 0 aliphatic rings. The Bertz CT molecular complexity index is 6120. The molecule has 0 unspecified atom stereocenters. The van der Waals surface area contributed by atoms with Crippen molar-refractivity contribution >= 4 is 99.6 Å². The molecule has 0 saturated heterocycles. The van der Waals surface area contributed by atoms with Crippen molar-refractivity contribution in [2.24, 2.45) is 0 Å². The molecule has 0 aliphatic heterocycles. The molecular weight excluding hydrogens is 1220 g/mol. The summed E-state index contributed by atoms with van der Waals surface area (Å²) < 4.78 is 15.6. The summed E-state index contributed by atoms with van der Waals surface area (Å²) in [5.74, 6) is 0.640. The van der Waals surface area contributed by atoms with Gasteiger partial charge in [0.1, 0.15) is 45.1 Å². The molecule has 15 aromatic heterocycles. The Hall–Kier alpha value is -13.0. The topological polar surface area (TPSA) is 349 Å². The SMILES string of the molecule is CC(C)(C)c1cc2[nH]c(=O)c3ccccc3n2n1.CCc1cc2[nH]c(=O)c3ccccc3n2n1.COc1cccc2c(=O)[nH]c3cc(C)nn3c12.Cc1cc2[nH]c(=O)c3cccnc3n2n1.Cc1cc2[nH]c(=O)c3ccncc3n2n1.Cc1cc2[nH]c(=O)c3ncccc3n2n1. The molecule has 18 rings (SSSR count). The summed E-state index contributed by atoms with van der Waals surface area (Å²) >= 11 is 0. The van der Waals surface area contributed by atoms with Gasteiger partial charge < -0.3 is 34.6 Å². The van der Waals surface area contributed by atoms with Gasteiger partial charge in [-0.3, -0.25) is 33.8 Å². The average Bonchev–Trinajstić information content (AvgIpc) is 1.55. The second-order valence-electron chi connectivity index (χ2n) is 23.4. The summed E-state index contributed by atoms with van der Waals surface area (Å²) in [6.45, 7) is 15.9. The molecule has 0 saturated carbocycles. The molecule has 0 fully saturated rings. The van der Waals surface area contributed by atoms with Crippen LogP contribution in [0.1, 0.15) is 61.9 Å². The lowest BCUT2D eigenvalue weighted by Gasteiger charge is -2.13. The fourth-order valence-electron chi connectivity index (χ4n) is 11.1. The van der Waals surface area contributed by atoms with E-state index in [1.165, 1.54) is 0 Å². The van der Waals surface area contributed by atoms with E-state index in [9.17, 15) is 28.8 Å². The number of H-pyrrole nitrogens is 6. The normalized spacial score (nSPS) is 11.5. The lowest BCUT2D eigenvalue weighted by atomic mass is 9.93. The van der Waals surface area contributed by atoms with Gasteiger partial charge in [-0.15, -0.1) is 0 Å². The third kappa shape index (κ3) is 11.8. The summed E-state index contributed by atoms with van der Waals surface area (Å²) in [5, 5.41) is 29.3. The van der Waals surface area contributed by atoms with Crippen LogP contribution in [0.5, 0.6) is 5.75 Å². The maximum atomic E-state index is 12.0. The lowest BCUT2D eigenvalue weighted by Crippen LogP contribution is -2.12. The predicted molar refractivity (Wildman–Crippen MR) is 367 cm³/mol. The highest BCUT2D eigenvalue weighted by Gasteiger charge is 2.20. The molecule has 6 N–H and O–H groups in total. The second kappa shape index (κ2) is 24.9. The van der Waals surface area contributed by atoms with Gasteiger partial charge in [0.25, 0.3) is 33.4 Å². The largest absolute Gasteiger partial charge is 0.494 e. The van der Waals surface area contributed by atoms with Crippen molar-refractivity contribution in [1.82, 2.24) is 103 Å². The maximum Gasteiger partial charge on any atom is 0.277 e. The number of para-hydroxylation sites is 3. The quantitative estimate of drug-likeness (QED) is 0.0946. The molecule has 0 amide bonds. The molecule has 28 nitrogen and oxygen atoms in total. The number of methoxy groups -OCH3 is 1. The molecule has 0 bridgehead atoms. The van der Waals surface area contributed by atoms with Crippen molar-refractivity contribution in [3.05, 3.63) is 255 Å². The van der Waals surface area contributed by atoms with Crippen molar-refractivity contribution in [3.8, 4) is 5.75 Å². The van der Waals surface area contributed by atoms with Crippen molar-refractivity contribution in [2.45, 2.75) is 67.2 Å². The minimum atomic E-state index is -0.182. The first-order chi connectivity index (χ1) is 46.2. The number of nitrogens with one attached hydrogen (secondary N) is 6. The van der Waals surface area contributed by atoms with Crippen molar-refractivity contribution in [1.29, 1.82) is 0 Å². The van der Waals surface area contributed by atoms with E-state index in [0.29, 0.717) is 71.9 Å². The Kier molecular flexibility index (Phi) is 16.0. The van der Waals surface area contributed by atoms with Crippen molar-refractivity contribution in [3.63, 3.8) is 0 Å². The monoisotopic (exact) mass is 1280 g/mol. The number of rotatable bonds is 2. The first-order valence-corrected chi connectivity index (χ1v) is 30.3. The van der Waals surface area contributed by atoms with Crippen LogP contribution in [-0.2, 0) is 11.8 Å². The van der Waals surface area contributed by atoms with E-state index in [-0.39, 0.29) is 38.8 Å². The van der Waals surface area contributed by atoms with Crippen LogP contribution < -0.4 is 38.1 Å². The van der Waals surface area contributed by atoms with E-state index in [4.69, 9.17) is 4.74 Å². The molecule has 480 valence electrons. The van der Waals surface area contributed by atoms with Crippen LogP contribution in [0, 0.1) is 27.7 Å². The smallest absolute Gasteiger partial charge is 0.277 e. The number of aromatic nitrogens is 21. The zero-order valence-corrected chi connectivity index (χ0v) is 53.3. The summed E-state index contributed by atoms with van der Waals surface area (Å²) in [4.78, 5) is 99.6. The van der Waals surface area contributed by atoms with Crippen LogP contribution in [0.25, 0.3) is 99.6 Å². The van der Waals surface area contributed by atoms with Gasteiger partial charge in [0, 0.05) is 60.4 Å². The number of hydrogen-bond donors (Lipinski definition) is 6. The highest BCUT2D eigenvalue weighted by atomic mass is 16.5. The van der Waals surface area contributed by atoms with E-state index >= 15 is 0 Å². The van der Waals surface area contributed by atoms with Crippen LogP contribution in [0.2, 0.25) is 0 Å². The van der Waals surface area contributed by atoms with Gasteiger partial charge in [0.15, 0.2) is 11.2 Å². The molecule has 0 aliphatic carbocycles. The van der Waals surface area contributed by atoms with Crippen LogP contribution in [0.3, 0.4) is 0 Å². The highest BCUT2D eigenvalue weighted by molar-refractivity contribution is 5.86. The molecule has 0 spiro atoms. The number of ether oxygens (including phenoxy) is 1. The Morgan fingerprint density at radius 2 is 0.844 bits per heavy atom. The summed E-state index contributed by atoms with van der Waals surface area (Å²) in [6, 6.07) is 40.3. The number of hydrogen-bond acceptors (Lipinski definition) is 16. The number of fused-ring (bicyclic) bond motifs is 18. The Labute approximate surface area is 539 Å². The number of benzene rings is 3. The Morgan fingerprint density at radius 1 is 0.406 bits per heavy atom. The minimum absolute atomic E-state index is 0.0377. The highest BCUT2D eigenvalue weighted by Crippen LogP contribution is 2.25. The lowest BCUT2D eigenvalue weighted by molar-refractivity contribution is 0.418. The molecule has 0 atom stereocenters. The fraction of sp³-hybridized carbons (Fsp3) is 0.162. The van der Waals surface area contributed by atoms with E-state index in [1.54, 1.807) is 101 Å². The van der Waals surface area contributed by atoms with E-state index in [1.807, 2.05) is 126 Å². The molecule has 18 aromatic rings. The predicted octanol–water partition coefficient (Wildman–Crippen LogP) is 8.34. The van der Waals surface area contributed by atoms with Crippen LogP contribution in [0.15, 0.2) is 187 Å². The number of aromatic amines is 6. The molecule has 3 aromatic carbocycles. The van der Waals surface area contributed by atoms with Gasteiger partial charge >= 0.3 is 0 Å². The van der Waals surface area contributed by atoms with E-state index in [0.717, 1.165) is 73.9 Å². The van der Waals surface area contributed by atoms with Gasteiger partial charge in [-0.05, 0) is 101 Å². The minimum Gasteiger partial charge on any atom is -0.494 e. The van der Waals surface area contributed by atoms with E-state index < -0.39 is 0 Å². The summed E-state index contributed by atoms with van der Waals surface area (Å²) in [7, 11) is 1.58. The summed E-state index contributed by atoms with van der Waals surface area (Å²) in [5.41, 5.74) is 13.7. The van der Waals surface area contributed by atoms with Crippen molar-refractivity contribution in [2.75, 3.05) is 7.11 Å². The first-order valence-electron chi connectivity index (χ1n) is 30.3. The van der Waals surface area contributed by atoms with Gasteiger partial charge in [-0.25, -0.2) is 32.5 Å². The van der Waals surface area contributed by atoms with Gasteiger partial charge in [-0.2, -0.15) is 35.1 Å². The van der Waals surface area contributed by atoms with E-state index in [2.05, 4.69) is 96.2 Å². The molecule has 96 heavy (non-hydrogen) atoms. The number of pyridine rings is 3. The van der Waals surface area contributed by atoms with Crippen molar-refractivity contribution < 1.29 is 4.74 Å². The number of aryl methyl sites for hydroxylation is 5. The second-order valence-corrected chi connectivity index (χ2v) is 23.4. The van der Waals surface area contributed by atoms with Gasteiger partial charge in [0.05, 0.1) is 96.5 Å². The summed E-state index contributed by atoms with van der Waals surface area (Å²) in [6.07, 6.45) is 7.35. The Morgan fingerprint density at radius 3 is 1.45 bits per heavy atom. The third-order valence-electron chi connectivity index (χ3n) is 15.5. The third-order valence-corrected chi connectivity index (χ3v) is 15.5. The van der Waals surface area contributed by atoms with Gasteiger partial charge in [-0.1, -0.05) is 58.0 Å². The first kappa shape index (κ1) is 61.8. The molecule has 28 heteroatoms. The molecule has 15 heterocycles. The van der Waals surface area contributed by atoms with Gasteiger partial charge in [0.2, 0.25) is 0 Å². The van der Waals surface area contributed by atoms with Crippen LogP contribution in [0.4, 0.5) is 0 Å². The maximum absolute atomic E-state index is 12.0. The zero-order valence-electron chi connectivity index (χ0n) is 53.3. The zero-order chi connectivity index (χ0) is 67.3. The fourth-order valence-corrected chi connectivity index (χ4v) is 11.1. The molecular formula is C68H61N21O7. The number of nitrogens with zero attached hydrogens (tertiary/aromatic N) is 15. The Balaban J connectivity index is 0.000000104. The standard InChI is InChI=1S/C14H15N3O.C12H11N3O2.C12H11N3O.3C10H8N4O/c1-14(2,3)11-8-12-15-13(18)9-6-4-5-7-10(9)17(12)16-11;1-7-6-10-13-12(16)8-4-3-5-9(17-2)11(8)15(10)14-7;1-2-8-7-11-13-12(16)9-5-3-4-6-10(9)15(11)14-8;1-6-4-9-12-10(15)7-2-3-11-5-8(7)14(9)13-6;1-6-5-8-12-10(15)9-7(14(8)13-6)3-2-4-11-9;1-6-5-8-12-10(15)7-3-2-4-11-9(7)14(8)13-6/h4-8H,1-3H3,(H,15,18);3-6H,1-2H3,(H,13,16);3-7H,2H2,1H3,(H,13,16);3*2-5H,1H3,(H,12,15). The average molecular weight is 1280 g/mol. The molecule has 0 radical (unpaired) electrons.